The van der Waals surface area contributed by atoms with Crippen molar-refractivity contribution in [3.63, 3.8) is 0 Å². The molecular weight excluding hydrogens is 318 g/mol. The SMILES string of the molecule is COc1cc(Br)ccc1C(=O)N1CCc2ccccc21. The lowest BCUT2D eigenvalue weighted by Crippen LogP contribution is -2.29. The van der Waals surface area contributed by atoms with Gasteiger partial charge in [-0.2, -0.15) is 0 Å². The van der Waals surface area contributed by atoms with E-state index < -0.39 is 0 Å². The van der Waals surface area contributed by atoms with Gasteiger partial charge in [-0.05, 0) is 36.2 Å². The monoisotopic (exact) mass is 331 g/mol. The van der Waals surface area contributed by atoms with Crippen molar-refractivity contribution in [1.29, 1.82) is 0 Å². The van der Waals surface area contributed by atoms with Crippen LogP contribution in [0.4, 0.5) is 5.69 Å². The number of ether oxygens (including phenoxy) is 1. The topological polar surface area (TPSA) is 29.5 Å². The van der Waals surface area contributed by atoms with Gasteiger partial charge in [-0.25, -0.2) is 0 Å². The Morgan fingerprint density at radius 2 is 2.05 bits per heavy atom. The van der Waals surface area contributed by atoms with E-state index in [4.69, 9.17) is 4.74 Å². The molecule has 3 rings (SSSR count). The summed E-state index contributed by atoms with van der Waals surface area (Å²) in [5.74, 6) is 0.577. The van der Waals surface area contributed by atoms with Gasteiger partial charge in [0.2, 0.25) is 0 Å². The number of nitrogens with zero attached hydrogens (tertiary/aromatic N) is 1. The van der Waals surface area contributed by atoms with E-state index >= 15 is 0 Å². The quantitative estimate of drug-likeness (QED) is 0.840. The number of carbonyl (C=O) groups is 1. The smallest absolute Gasteiger partial charge is 0.262 e. The van der Waals surface area contributed by atoms with E-state index in [0.29, 0.717) is 11.3 Å². The van der Waals surface area contributed by atoms with Crippen molar-refractivity contribution < 1.29 is 9.53 Å². The maximum absolute atomic E-state index is 12.7. The summed E-state index contributed by atoms with van der Waals surface area (Å²) in [6.07, 6.45) is 0.904. The summed E-state index contributed by atoms with van der Waals surface area (Å²) in [5, 5.41) is 0. The molecule has 0 saturated carbocycles. The molecule has 0 aromatic heterocycles. The molecule has 0 aliphatic carbocycles. The molecule has 1 aliphatic rings. The van der Waals surface area contributed by atoms with Crippen LogP contribution in [-0.2, 0) is 6.42 Å². The van der Waals surface area contributed by atoms with Crippen LogP contribution < -0.4 is 9.64 Å². The first-order valence-corrected chi connectivity index (χ1v) is 7.23. The van der Waals surface area contributed by atoms with Crippen molar-refractivity contribution in [2.75, 3.05) is 18.6 Å². The number of amides is 1. The fourth-order valence-corrected chi connectivity index (χ4v) is 2.88. The van der Waals surface area contributed by atoms with Gasteiger partial charge in [-0.15, -0.1) is 0 Å². The summed E-state index contributed by atoms with van der Waals surface area (Å²) >= 11 is 3.39. The number of carbonyl (C=O) groups excluding carboxylic acids is 1. The van der Waals surface area contributed by atoms with E-state index in [0.717, 1.165) is 23.1 Å². The lowest BCUT2D eigenvalue weighted by atomic mass is 10.1. The predicted molar refractivity (Wildman–Crippen MR) is 82.5 cm³/mol. The molecule has 0 radical (unpaired) electrons. The van der Waals surface area contributed by atoms with Gasteiger partial charge < -0.3 is 9.64 Å². The summed E-state index contributed by atoms with van der Waals surface area (Å²) in [4.78, 5) is 14.6. The summed E-state index contributed by atoms with van der Waals surface area (Å²) in [7, 11) is 1.58. The van der Waals surface area contributed by atoms with Gasteiger partial charge >= 0.3 is 0 Å². The Bertz CT molecular complexity index is 669. The highest BCUT2D eigenvalue weighted by atomic mass is 79.9. The molecule has 1 amide bonds. The minimum Gasteiger partial charge on any atom is -0.496 e. The molecule has 0 atom stereocenters. The number of anilines is 1. The van der Waals surface area contributed by atoms with Crippen molar-refractivity contribution >= 4 is 27.5 Å². The molecule has 0 N–H and O–H groups in total. The highest BCUT2D eigenvalue weighted by Crippen LogP contribution is 2.31. The Kier molecular flexibility index (Phi) is 3.49. The van der Waals surface area contributed by atoms with Crippen molar-refractivity contribution in [3.8, 4) is 5.75 Å². The second kappa shape index (κ2) is 5.29. The van der Waals surface area contributed by atoms with E-state index in [1.807, 2.05) is 35.2 Å². The Morgan fingerprint density at radius 1 is 1.25 bits per heavy atom. The number of para-hydroxylation sites is 1. The van der Waals surface area contributed by atoms with E-state index in [1.54, 1.807) is 13.2 Å². The molecule has 102 valence electrons. The zero-order chi connectivity index (χ0) is 14.1. The van der Waals surface area contributed by atoms with Crippen LogP contribution in [0.1, 0.15) is 15.9 Å². The van der Waals surface area contributed by atoms with E-state index in [-0.39, 0.29) is 5.91 Å². The highest BCUT2D eigenvalue weighted by Gasteiger charge is 2.26. The minimum absolute atomic E-state index is 0.0145. The largest absolute Gasteiger partial charge is 0.496 e. The molecular formula is C16H14BrNO2. The normalized spacial score (nSPS) is 13.2. The van der Waals surface area contributed by atoms with Crippen LogP contribution in [0.25, 0.3) is 0 Å². The zero-order valence-corrected chi connectivity index (χ0v) is 12.7. The molecule has 0 bridgehead atoms. The average molecular weight is 332 g/mol. The summed E-state index contributed by atoms with van der Waals surface area (Å²) < 4.78 is 6.21. The van der Waals surface area contributed by atoms with Crippen LogP contribution in [0.3, 0.4) is 0 Å². The summed E-state index contributed by atoms with van der Waals surface area (Å²) in [6.45, 7) is 0.720. The zero-order valence-electron chi connectivity index (χ0n) is 11.1. The number of halogens is 1. The first-order chi connectivity index (χ1) is 9.70. The van der Waals surface area contributed by atoms with Gasteiger partial charge in [0, 0.05) is 16.7 Å². The maximum atomic E-state index is 12.7. The number of rotatable bonds is 2. The van der Waals surface area contributed by atoms with Crippen LogP contribution in [0.15, 0.2) is 46.9 Å². The van der Waals surface area contributed by atoms with E-state index in [9.17, 15) is 4.79 Å². The highest BCUT2D eigenvalue weighted by molar-refractivity contribution is 9.10. The number of hydrogen-bond acceptors (Lipinski definition) is 2. The van der Waals surface area contributed by atoms with Crippen molar-refractivity contribution in [1.82, 2.24) is 0 Å². The molecule has 0 saturated heterocycles. The van der Waals surface area contributed by atoms with Gasteiger partial charge in [-0.1, -0.05) is 34.1 Å². The molecule has 1 aliphatic heterocycles. The fourth-order valence-electron chi connectivity index (χ4n) is 2.54. The van der Waals surface area contributed by atoms with Crippen molar-refractivity contribution in [3.05, 3.63) is 58.1 Å². The summed E-state index contributed by atoms with van der Waals surface area (Å²) in [6, 6.07) is 13.5. The average Bonchev–Trinajstić information content (AvgIpc) is 2.90. The Labute approximate surface area is 126 Å². The Morgan fingerprint density at radius 3 is 2.85 bits per heavy atom. The molecule has 20 heavy (non-hydrogen) atoms. The van der Waals surface area contributed by atoms with Gasteiger partial charge in [0.05, 0.1) is 12.7 Å². The van der Waals surface area contributed by atoms with Crippen molar-refractivity contribution in [2.45, 2.75) is 6.42 Å². The lowest BCUT2D eigenvalue weighted by Gasteiger charge is -2.19. The second-order valence-electron chi connectivity index (χ2n) is 4.68. The first kappa shape index (κ1) is 13.2. The number of methoxy groups -OCH3 is 1. The molecule has 0 fully saturated rings. The third kappa shape index (κ3) is 2.20. The Balaban J connectivity index is 1.99. The van der Waals surface area contributed by atoms with Crippen molar-refractivity contribution in [2.24, 2.45) is 0 Å². The molecule has 1 heterocycles. The minimum atomic E-state index is -0.0145. The Hall–Kier alpha value is -1.81. The van der Waals surface area contributed by atoms with Gasteiger partial charge in [0.25, 0.3) is 5.91 Å². The van der Waals surface area contributed by atoms with E-state index in [1.165, 1.54) is 5.56 Å². The van der Waals surface area contributed by atoms with Crippen LogP contribution in [0.2, 0.25) is 0 Å². The second-order valence-corrected chi connectivity index (χ2v) is 5.60. The molecule has 0 spiro atoms. The number of benzene rings is 2. The van der Waals surface area contributed by atoms with Crippen LogP contribution in [-0.4, -0.2) is 19.6 Å². The first-order valence-electron chi connectivity index (χ1n) is 6.44. The maximum Gasteiger partial charge on any atom is 0.262 e. The standard InChI is InChI=1S/C16H14BrNO2/c1-20-15-10-12(17)6-7-13(15)16(19)18-9-8-11-4-2-3-5-14(11)18/h2-7,10H,8-9H2,1H3. The fraction of sp³-hybridized carbons (Fsp3) is 0.188. The third-order valence-corrected chi connectivity index (χ3v) is 4.02. The number of hydrogen-bond donors (Lipinski definition) is 0. The van der Waals surface area contributed by atoms with Gasteiger partial charge in [0.1, 0.15) is 5.75 Å². The van der Waals surface area contributed by atoms with E-state index in [2.05, 4.69) is 22.0 Å². The number of fused-ring (bicyclic) bond motifs is 1. The molecule has 2 aromatic carbocycles. The van der Waals surface area contributed by atoms with Gasteiger partial charge in [-0.3, -0.25) is 4.79 Å². The molecule has 3 nitrogen and oxygen atoms in total. The van der Waals surface area contributed by atoms with Crippen LogP contribution in [0.5, 0.6) is 5.75 Å². The molecule has 4 heteroatoms. The lowest BCUT2D eigenvalue weighted by molar-refractivity contribution is 0.0986. The van der Waals surface area contributed by atoms with Gasteiger partial charge in [0.15, 0.2) is 0 Å². The predicted octanol–water partition coefficient (Wildman–Crippen LogP) is 3.66. The molecule has 0 unspecified atom stereocenters. The molecule has 2 aromatic rings. The third-order valence-electron chi connectivity index (χ3n) is 3.53. The van der Waals surface area contributed by atoms with Crippen LogP contribution >= 0.6 is 15.9 Å². The van der Waals surface area contributed by atoms with Crippen LogP contribution in [0, 0.1) is 0 Å². The summed E-state index contributed by atoms with van der Waals surface area (Å²) in [5.41, 5.74) is 2.81.